The Bertz CT molecular complexity index is 1400. The average molecular weight is 519 g/mol. The third kappa shape index (κ3) is 7.03. The number of anilines is 3. The van der Waals surface area contributed by atoms with Gasteiger partial charge in [-0.25, -0.2) is 0 Å². The summed E-state index contributed by atoms with van der Waals surface area (Å²) < 4.78 is 4.96. The molecule has 2 heterocycles. The first kappa shape index (κ1) is 25.6. The summed E-state index contributed by atoms with van der Waals surface area (Å²) >= 11 is 1.35. The van der Waals surface area contributed by atoms with Gasteiger partial charge in [0, 0.05) is 43.2 Å². The second kappa shape index (κ2) is 12.5. The molecule has 2 aromatic heterocycles. The number of aromatic nitrogens is 1. The van der Waals surface area contributed by atoms with Crippen LogP contribution in [0.4, 0.5) is 17.1 Å². The van der Waals surface area contributed by atoms with Gasteiger partial charge in [-0.1, -0.05) is 18.2 Å². The molecule has 0 radical (unpaired) electrons. The Labute approximate surface area is 217 Å². The van der Waals surface area contributed by atoms with Gasteiger partial charge in [-0.05, 0) is 53.4 Å². The predicted molar refractivity (Wildman–Crippen MR) is 146 cm³/mol. The van der Waals surface area contributed by atoms with E-state index in [0.717, 1.165) is 28.4 Å². The van der Waals surface area contributed by atoms with E-state index in [0.29, 0.717) is 35.9 Å². The number of nitrogens with zero attached hydrogens (tertiary/aromatic N) is 2. The highest BCUT2D eigenvalue weighted by Crippen LogP contribution is 2.26. The summed E-state index contributed by atoms with van der Waals surface area (Å²) in [6.45, 7) is 1.37. The molecule has 10 nitrogen and oxygen atoms in total. The molecule has 4 aromatic rings. The topological polar surface area (TPSA) is 130 Å². The van der Waals surface area contributed by atoms with Crippen LogP contribution in [0.3, 0.4) is 0 Å². The Hall–Kier alpha value is -4.48. The molecule has 37 heavy (non-hydrogen) atoms. The minimum Gasteiger partial charge on any atom is -0.383 e. The van der Waals surface area contributed by atoms with E-state index in [2.05, 4.69) is 26.3 Å². The van der Waals surface area contributed by atoms with Gasteiger partial charge in [0.25, 0.3) is 12.1 Å². The van der Waals surface area contributed by atoms with Crippen LogP contribution < -0.4 is 21.3 Å². The van der Waals surface area contributed by atoms with E-state index in [1.165, 1.54) is 11.3 Å². The highest BCUT2D eigenvalue weighted by atomic mass is 32.1. The first-order valence-corrected chi connectivity index (χ1v) is 12.3. The van der Waals surface area contributed by atoms with Gasteiger partial charge in [0.2, 0.25) is 0 Å². The summed E-state index contributed by atoms with van der Waals surface area (Å²) in [7, 11) is 1.55. The van der Waals surface area contributed by atoms with E-state index in [9.17, 15) is 14.9 Å². The lowest BCUT2D eigenvalue weighted by atomic mass is 10.1. The number of amides is 1. The first-order valence-electron chi connectivity index (χ1n) is 11.4. The fraction of sp³-hybridized carbons (Fsp3) is 0.154. The Kier molecular flexibility index (Phi) is 8.63. The van der Waals surface area contributed by atoms with Crippen LogP contribution in [0.15, 0.2) is 84.3 Å². The molecule has 0 aliphatic heterocycles. The number of ether oxygens (including phenoxy) is 1. The number of nitro groups is 1. The molecule has 0 saturated heterocycles. The third-order valence-corrected chi connectivity index (χ3v) is 6.27. The number of hydrogen-bond acceptors (Lipinski definition) is 9. The molecule has 11 heteroatoms. The number of benzene rings is 2. The number of para-hydroxylation sites is 1. The number of fused-ring (bicyclic) bond motifs is 1. The molecule has 0 fully saturated rings. The maximum atomic E-state index is 13.0. The normalized spacial score (nSPS) is 11.2. The van der Waals surface area contributed by atoms with E-state index in [-0.39, 0.29) is 11.7 Å². The highest BCUT2D eigenvalue weighted by Gasteiger charge is 2.14. The van der Waals surface area contributed by atoms with E-state index in [1.807, 2.05) is 41.8 Å². The van der Waals surface area contributed by atoms with Crippen molar-refractivity contribution in [3.63, 3.8) is 0 Å². The van der Waals surface area contributed by atoms with Gasteiger partial charge in [-0.15, -0.1) is 11.3 Å². The van der Waals surface area contributed by atoms with E-state index in [4.69, 9.17) is 4.74 Å². The van der Waals surface area contributed by atoms with Crippen LogP contribution in [0, 0.1) is 10.1 Å². The summed E-state index contributed by atoms with van der Waals surface area (Å²) in [4.78, 5) is 28.3. The Morgan fingerprint density at radius 1 is 1.08 bits per heavy atom. The number of hydrogen-bond donors (Lipinski definition) is 4. The number of rotatable bonds is 12. The standard InChI is InChI=1S/C26H26N6O4S/c1-36-14-13-28-24(17-32(34)35)30-19-6-8-20(9-7-19)31-26(33)25-23(11-15-37-25)29-16-18-10-12-27-22-5-3-2-4-21(18)22/h2-12,15,17,28-30H,13-14,16H2,1H3,(H,31,33). The maximum absolute atomic E-state index is 13.0. The molecule has 0 saturated carbocycles. The summed E-state index contributed by atoms with van der Waals surface area (Å²) in [5.41, 5.74) is 3.99. The maximum Gasteiger partial charge on any atom is 0.274 e. The fourth-order valence-electron chi connectivity index (χ4n) is 3.62. The summed E-state index contributed by atoms with van der Waals surface area (Å²) in [6.07, 6.45) is 2.64. The predicted octanol–water partition coefficient (Wildman–Crippen LogP) is 4.88. The highest BCUT2D eigenvalue weighted by molar-refractivity contribution is 7.12. The van der Waals surface area contributed by atoms with Gasteiger partial charge in [-0.2, -0.15) is 0 Å². The van der Waals surface area contributed by atoms with Gasteiger partial charge in [0.15, 0.2) is 5.82 Å². The lowest BCUT2D eigenvalue weighted by molar-refractivity contribution is -0.403. The van der Waals surface area contributed by atoms with Crippen LogP contribution in [-0.4, -0.2) is 36.1 Å². The number of thiophene rings is 1. The Morgan fingerprint density at radius 3 is 2.59 bits per heavy atom. The molecular formula is C26H26N6O4S. The molecule has 0 aliphatic carbocycles. The Morgan fingerprint density at radius 2 is 1.84 bits per heavy atom. The fourth-order valence-corrected chi connectivity index (χ4v) is 4.38. The van der Waals surface area contributed by atoms with Crippen molar-refractivity contribution < 1.29 is 14.5 Å². The van der Waals surface area contributed by atoms with Crippen molar-refractivity contribution in [1.82, 2.24) is 10.3 Å². The van der Waals surface area contributed by atoms with Crippen LogP contribution >= 0.6 is 11.3 Å². The van der Waals surface area contributed by atoms with Crippen LogP contribution in [0.25, 0.3) is 10.9 Å². The molecule has 4 N–H and O–H groups in total. The van der Waals surface area contributed by atoms with Gasteiger partial charge in [0.05, 0.1) is 22.7 Å². The minimum atomic E-state index is -0.541. The van der Waals surface area contributed by atoms with Crippen LogP contribution in [0.2, 0.25) is 0 Å². The molecule has 0 unspecified atom stereocenters. The summed E-state index contributed by atoms with van der Waals surface area (Å²) in [6, 6.07) is 18.7. The molecule has 0 spiro atoms. The van der Waals surface area contributed by atoms with Crippen molar-refractivity contribution in [1.29, 1.82) is 0 Å². The molecule has 1 amide bonds. The monoisotopic (exact) mass is 518 g/mol. The summed E-state index contributed by atoms with van der Waals surface area (Å²) in [5.74, 6) is 0.00285. The SMILES string of the molecule is COCCNC(=C[N+](=O)[O-])Nc1ccc(NC(=O)c2sccc2NCc2ccnc3ccccc23)cc1. The molecule has 190 valence electrons. The van der Waals surface area contributed by atoms with E-state index in [1.54, 1.807) is 37.6 Å². The molecule has 4 rings (SSSR count). The second-order valence-electron chi connectivity index (χ2n) is 7.91. The van der Waals surface area contributed by atoms with Gasteiger partial charge >= 0.3 is 0 Å². The van der Waals surface area contributed by atoms with Crippen molar-refractivity contribution >= 4 is 45.2 Å². The Balaban J connectivity index is 1.38. The van der Waals surface area contributed by atoms with Gasteiger partial charge in [-0.3, -0.25) is 19.9 Å². The quantitative estimate of drug-likeness (QED) is 0.119. The lowest BCUT2D eigenvalue weighted by Gasteiger charge is -2.12. The molecule has 2 aromatic carbocycles. The van der Waals surface area contributed by atoms with Crippen LogP contribution in [0.1, 0.15) is 15.2 Å². The zero-order valence-corrected chi connectivity index (χ0v) is 20.9. The molecule has 0 atom stereocenters. The van der Waals surface area contributed by atoms with Crippen molar-refractivity contribution in [3.05, 3.63) is 105 Å². The number of carbonyl (C=O) groups excluding carboxylic acids is 1. The van der Waals surface area contributed by atoms with Crippen LogP contribution in [-0.2, 0) is 11.3 Å². The van der Waals surface area contributed by atoms with Gasteiger partial charge < -0.3 is 26.0 Å². The zero-order chi connectivity index (χ0) is 26.0. The molecule has 0 bridgehead atoms. The number of methoxy groups -OCH3 is 1. The number of pyridine rings is 1. The summed E-state index contributed by atoms with van der Waals surface area (Å²) in [5, 5.41) is 26.0. The minimum absolute atomic E-state index is 0.229. The van der Waals surface area contributed by atoms with E-state index < -0.39 is 4.92 Å². The third-order valence-electron chi connectivity index (χ3n) is 5.36. The molecule has 0 aliphatic rings. The first-order chi connectivity index (χ1) is 18.0. The number of nitrogens with one attached hydrogen (secondary N) is 4. The largest absolute Gasteiger partial charge is 0.383 e. The zero-order valence-electron chi connectivity index (χ0n) is 20.1. The van der Waals surface area contributed by atoms with Crippen LogP contribution in [0.5, 0.6) is 0 Å². The number of carbonyl (C=O) groups is 1. The van der Waals surface area contributed by atoms with Crippen molar-refractivity contribution in [2.45, 2.75) is 6.54 Å². The van der Waals surface area contributed by atoms with Crippen molar-refractivity contribution in [2.24, 2.45) is 0 Å². The smallest absolute Gasteiger partial charge is 0.274 e. The van der Waals surface area contributed by atoms with E-state index >= 15 is 0 Å². The average Bonchev–Trinajstić information content (AvgIpc) is 3.37. The van der Waals surface area contributed by atoms with Gasteiger partial charge in [0.1, 0.15) is 4.88 Å². The molecular weight excluding hydrogens is 492 g/mol. The lowest BCUT2D eigenvalue weighted by Crippen LogP contribution is -2.24. The second-order valence-corrected chi connectivity index (χ2v) is 8.82. The van der Waals surface area contributed by atoms with Crippen molar-refractivity contribution in [3.8, 4) is 0 Å². The van der Waals surface area contributed by atoms with Crippen molar-refractivity contribution in [2.75, 3.05) is 36.2 Å².